The largest absolute Gasteiger partial charge is 0.497 e. The summed E-state index contributed by atoms with van der Waals surface area (Å²) < 4.78 is 13.1. The van der Waals surface area contributed by atoms with Gasteiger partial charge in [0.2, 0.25) is 5.89 Å². The van der Waals surface area contributed by atoms with Crippen molar-refractivity contribution in [3.8, 4) is 5.75 Å². The average Bonchev–Trinajstić information content (AvgIpc) is 3.36. The molecule has 4 rings (SSSR count). The fourth-order valence-corrected chi connectivity index (χ4v) is 3.67. The molecule has 28 heavy (non-hydrogen) atoms. The van der Waals surface area contributed by atoms with Crippen LogP contribution < -0.4 is 4.74 Å². The zero-order valence-electron chi connectivity index (χ0n) is 16.2. The zero-order chi connectivity index (χ0) is 19.5. The van der Waals surface area contributed by atoms with Gasteiger partial charge < -0.3 is 18.6 Å². The lowest BCUT2D eigenvalue weighted by Gasteiger charge is -2.33. The third kappa shape index (κ3) is 3.65. The Bertz CT molecular complexity index is 962. The van der Waals surface area contributed by atoms with Crippen LogP contribution >= 0.6 is 0 Å². The first-order valence-corrected chi connectivity index (χ1v) is 9.51. The maximum atomic E-state index is 13.0. The van der Waals surface area contributed by atoms with Crippen LogP contribution in [0.2, 0.25) is 0 Å². The number of aromatic nitrogens is 3. The molecule has 1 atom stereocenters. The number of piperidine rings is 1. The van der Waals surface area contributed by atoms with E-state index in [-0.39, 0.29) is 11.9 Å². The number of rotatable bonds is 5. The minimum absolute atomic E-state index is 0.0789. The fraction of sp³-hybridized carbons (Fsp3) is 0.381. The first kappa shape index (κ1) is 18.3. The molecule has 0 bridgehead atoms. The second kappa shape index (κ2) is 7.88. The van der Waals surface area contributed by atoms with Crippen molar-refractivity contribution in [1.82, 2.24) is 19.4 Å². The van der Waals surface area contributed by atoms with E-state index < -0.39 is 0 Å². The number of amides is 1. The van der Waals surface area contributed by atoms with Crippen molar-refractivity contribution in [1.29, 1.82) is 0 Å². The van der Waals surface area contributed by atoms with Crippen molar-refractivity contribution >= 4 is 5.91 Å². The Morgan fingerprint density at radius 2 is 2.21 bits per heavy atom. The predicted molar refractivity (Wildman–Crippen MR) is 103 cm³/mol. The molecular formula is C21H24N4O3. The lowest BCUT2D eigenvalue weighted by atomic mass is 10.0. The summed E-state index contributed by atoms with van der Waals surface area (Å²) in [6, 6.07) is 7.73. The molecule has 1 aliphatic rings. The van der Waals surface area contributed by atoms with Crippen LogP contribution in [-0.4, -0.2) is 39.0 Å². The van der Waals surface area contributed by atoms with Gasteiger partial charge in [-0.15, -0.1) is 0 Å². The van der Waals surface area contributed by atoms with Gasteiger partial charge in [-0.3, -0.25) is 4.79 Å². The van der Waals surface area contributed by atoms with Crippen molar-refractivity contribution in [2.75, 3.05) is 13.7 Å². The minimum atomic E-state index is -0.156. The average molecular weight is 380 g/mol. The van der Waals surface area contributed by atoms with E-state index in [4.69, 9.17) is 9.15 Å². The molecule has 2 aromatic heterocycles. The molecule has 0 aliphatic carbocycles. The summed E-state index contributed by atoms with van der Waals surface area (Å²) >= 11 is 0. The number of carbonyl (C=O) groups excluding carboxylic acids is 1. The molecule has 1 aliphatic heterocycles. The molecule has 1 fully saturated rings. The van der Waals surface area contributed by atoms with Gasteiger partial charge in [0, 0.05) is 32.4 Å². The molecule has 0 spiro atoms. The van der Waals surface area contributed by atoms with Crippen molar-refractivity contribution < 1.29 is 13.9 Å². The standard InChI is InChI=1S/C21H24N4O3/c1-24-11-9-22-19(24)21(26)25-10-4-3-8-18(25)20-23-14-17(28-20)13-15-6-5-7-16(12-15)27-2/h5-7,9,11-12,14,18H,3-4,8,10,13H2,1-2H3/t18-/m1/s1. The number of hydrogen-bond acceptors (Lipinski definition) is 5. The van der Waals surface area contributed by atoms with Crippen molar-refractivity contribution in [3.05, 3.63) is 65.9 Å². The van der Waals surface area contributed by atoms with Crippen LogP contribution in [0.25, 0.3) is 0 Å². The molecule has 0 saturated carbocycles. The van der Waals surface area contributed by atoms with Gasteiger partial charge in [0.1, 0.15) is 17.6 Å². The Balaban J connectivity index is 1.54. The lowest BCUT2D eigenvalue weighted by Crippen LogP contribution is -2.39. The lowest BCUT2D eigenvalue weighted by molar-refractivity contribution is 0.0554. The molecule has 7 heteroatoms. The van der Waals surface area contributed by atoms with Crippen LogP contribution in [0.4, 0.5) is 0 Å². The summed E-state index contributed by atoms with van der Waals surface area (Å²) in [5.74, 6) is 2.55. The Labute approximate surface area is 164 Å². The second-order valence-electron chi connectivity index (χ2n) is 7.06. The number of carbonyl (C=O) groups is 1. The second-order valence-corrected chi connectivity index (χ2v) is 7.06. The summed E-state index contributed by atoms with van der Waals surface area (Å²) in [6.07, 6.45) is 8.67. The zero-order valence-corrected chi connectivity index (χ0v) is 16.2. The number of oxazole rings is 1. The van der Waals surface area contributed by atoms with Crippen LogP contribution in [0.5, 0.6) is 5.75 Å². The summed E-state index contributed by atoms with van der Waals surface area (Å²) in [6.45, 7) is 0.684. The van der Waals surface area contributed by atoms with Crippen LogP contribution in [0.1, 0.15) is 53.1 Å². The van der Waals surface area contributed by atoms with E-state index in [0.29, 0.717) is 24.7 Å². The summed E-state index contributed by atoms with van der Waals surface area (Å²) in [7, 11) is 3.48. The van der Waals surface area contributed by atoms with Crippen LogP contribution in [0.3, 0.4) is 0 Å². The molecule has 1 saturated heterocycles. The van der Waals surface area contributed by atoms with Crippen LogP contribution in [0, 0.1) is 0 Å². The number of likely N-dealkylation sites (tertiary alicyclic amines) is 1. The molecule has 0 radical (unpaired) electrons. The Hall–Kier alpha value is -3.09. The van der Waals surface area contributed by atoms with E-state index in [1.165, 1.54) is 0 Å². The van der Waals surface area contributed by atoms with Gasteiger partial charge in [-0.05, 0) is 37.0 Å². The van der Waals surface area contributed by atoms with Crippen molar-refractivity contribution in [2.45, 2.75) is 31.7 Å². The third-order valence-corrected chi connectivity index (χ3v) is 5.15. The molecule has 0 unspecified atom stereocenters. The topological polar surface area (TPSA) is 73.4 Å². The van der Waals surface area contributed by atoms with Gasteiger partial charge >= 0.3 is 0 Å². The van der Waals surface area contributed by atoms with Crippen molar-refractivity contribution in [2.24, 2.45) is 7.05 Å². The monoisotopic (exact) mass is 380 g/mol. The van der Waals surface area contributed by atoms with E-state index in [1.54, 1.807) is 30.3 Å². The van der Waals surface area contributed by atoms with Gasteiger partial charge in [0.05, 0.1) is 13.3 Å². The number of imidazole rings is 1. The number of aryl methyl sites for hydroxylation is 1. The molecule has 0 N–H and O–H groups in total. The smallest absolute Gasteiger partial charge is 0.290 e. The Morgan fingerprint density at radius 1 is 1.32 bits per heavy atom. The predicted octanol–water partition coefficient (Wildman–Crippen LogP) is 3.37. The summed E-state index contributed by atoms with van der Waals surface area (Å²) in [4.78, 5) is 23.5. The Morgan fingerprint density at radius 3 is 3.00 bits per heavy atom. The molecule has 3 aromatic rings. The van der Waals surface area contributed by atoms with Gasteiger partial charge in [-0.1, -0.05) is 12.1 Å². The fourth-order valence-electron chi connectivity index (χ4n) is 3.67. The highest BCUT2D eigenvalue weighted by atomic mass is 16.5. The van der Waals surface area contributed by atoms with Crippen molar-refractivity contribution in [3.63, 3.8) is 0 Å². The van der Waals surface area contributed by atoms with Gasteiger partial charge in [-0.2, -0.15) is 0 Å². The number of hydrogen-bond donors (Lipinski definition) is 0. The molecule has 1 aromatic carbocycles. The molecule has 7 nitrogen and oxygen atoms in total. The maximum Gasteiger partial charge on any atom is 0.290 e. The highest BCUT2D eigenvalue weighted by Crippen LogP contribution is 2.32. The van der Waals surface area contributed by atoms with E-state index in [2.05, 4.69) is 9.97 Å². The summed E-state index contributed by atoms with van der Waals surface area (Å²) in [5.41, 5.74) is 1.09. The quantitative estimate of drug-likeness (QED) is 0.678. The molecular weight excluding hydrogens is 356 g/mol. The van der Waals surface area contributed by atoms with E-state index >= 15 is 0 Å². The molecule has 146 valence electrons. The van der Waals surface area contributed by atoms with Gasteiger partial charge in [-0.25, -0.2) is 9.97 Å². The highest BCUT2D eigenvalue weighted by Gasteiger charge is 2.33. The van der Waals surface area contributed by atoms with Gasteiger partial charge in [0.25, 0.3) is 5.91 Å². The Kier molecular flexibility index (Phi) is 5.14. The van der Waals surface area contributed by atoms with Crippen LogP contribution in [-0.2, 0) is 13.5 Å². The van der Waals surface area contributed by atoms with E-state index in [9.17, 15) is 4.79 Å². The normalized spacial score (nSPS) is 16.9. The first-order valence-electron chi connectivity index (χ1n) is 9.51. The molecule has 3 heterocycles. The summed E-state index contributed by atoms with van der Waals surface area (Å²) in [5, 5.41) is 0. The highest BCUT2D eigenvalue weighted by molar-refractivity contribution is 5.91. The van der Waals surface area contributed by atoms with Gasteiger partial charge in [0.15, 0.2) is 5.82 Å². The number of nitrogens with zero attached hydrogens (tertiary/aromatic N) is 4. The minimum Gasteiger partial charge on any atom is -0.497 e. The number of ether oxygens (including phenoxy) is 1. The number of methoxy groups -OCH3 is 1. The van der Waals surface area contributed by atoms with Crippen LogP contribution in [0.15, 0.2) is 47.3 Å². The number of benzene rings is 1. The maximum absolute atomic E-state index is 13.0. The third-order valence-electron chi connectivity index (χ3n) is 5.15. The molecule has 1 amide bonds. The first-order chi connectivity index (χ1) is 13.7. The SMILES string of the molecule is COc1cccc(Cc2cnc([C@H]3CCCCN3C(=O)c3nccn3C)o2)c1. The van der Waals surface area contributed by atoms with E-state index in [0.717, 1.165) is 36.3 Å². The van der Waals surface area contributed by atoms with E-state index in [1.807, 2.05) is 36.2 Å².